The fourth-order valence-electron chi connectivity index (χ4n) is 2.67. The third-order valence-electron chi connectivity index (χ3n) is 3.82. The first-order valence-corrected chi connectivity index (χ1v) is 8.49. The van der Waals surface area contributed by atoms with Crippen LogP contribution in [0.2, 0.25) is 0 Å². The van der Waals surface area contributed by atoms with Gasteiger partial charge in [-0.05, 0) is 54.5 Å². The van der Waals surface area contributed by atoms with Crippen LogP contribution >= 0.6 is 27.3 Å². The lowest BCUT2D eigenvalue weighted by Gasteiger charge is -2.31. The Labute approximate surface area is 131 Å². The minimum absolute atomic E-state index is 0.155. The molecule has 0 spiro atoms. The molecule has 1 aliphatic heterocycles. The Balaban J connectivity index is 1.63. The molecular formula is C16H16BrNOS. The van der Waals surface area contributed by atoms with Gasteiger partial charge < -0.3 is 4.90 Å². The highest BCUT2D eigenvalue weighted by atomic mass is 79.9. The summed E-state index contributed by atoms with van der Waals surface area (Å²) in [5.41, 5.74) is 0.780. The highest BCUT2D eigenvalue weighted by Crippen LogP contribution is 2.31. The zero-order valence-electron chi connectivity index (χ0n) is 11.1. The van der Waals surface area contributed by atoms with Gasteiger partial charge in [0.15, 0.2) is 0 Å². The molecule has 104 valence electrons. The molecule has 1 saturated heterocycles. The highest BCUT2D eigenvalue weighted by Gasteiger charge is 2.24. The summed E-state index contributed by atoms with van der Waals surface area (Å²) < 4.78 is 1.01. The number of halogens is 1. The van der Waals surface area contributed by atoms with Crippen molar-refractivity contribution in [1.29, 1.82) is 0 Å². The van der Waals surface area contributed by atoms with Gasteiger partial charge in [0.05, 0.1) is 0 Å². The average molecular weight is 350 g/mol. The molecule has 0 unspecified atom stereocenters. The maximum atomic E-state index is 12.4. The summed E-state index contributed by atoms with van der Waals surface area (Å²) in [4.78, 5) is 15.9. The Morgan fingerprint density at radius 1 is 1.15 bits per heavy atom. The van der Waals surface area contributed by atoms with Gasteiger partial charge in [0.2, 0.25) is 0 Å². The molecule has 1 aliphatic rings. The van der Waals surface area contributed by atoms with E-state index in [9.17, 15) is 4.79 Å². The predicted molar refractivity (Wildman–Crippen MR) is 86.3 cm³/mol. The van der Waals surface area contributed by atoms with Crippen molar-refractivity contribution in [3.8, 4) is 0 Å². The standard InChI is InChI=1S/C16H16BrNOS/c17-14-5-3-13(4-6-14)16(19)18-9-7-12(8-10-18)15-2-1-11-20-15/h1-6,11-12H,7-10H2. The molecule has 2 nitrogen and oxygen atoms in total. The van der Waals surface area contributed by atoms with Gasteiger partial charge in [-0.2, -0.15) is 0 Å². The quantitative estimate of drug-likeness (QED) is 0.779. The van der Waals surface area contributed by atoms with E-state index < -0.39 is 0 Å². The largest absolute Gasteiger partial charge is 0.339 e. The van der Waals surface area contributed by atoms with E-state index in [1.807, 2.05) is 40.5 Å². The zero-order valence-corrected chi connectivity index (χ0v) is 13.5. The molecule has 2 heterocycles. The van der Waals surface area contributed by atoms with Crippen molar-refractivity contribution >= 4 is 33.2 Å². The molecule has 4 heteroatoms. The molecule has 0 bridgehead atoms. The molecule has 0 radical (unpaired) electrons. The van der Waals surface area contributed by atoms with E-state index in [1.54, 1.807) is 0 Å². The van der Waals surface area contributed by atoms with Crippen LogP contribution in [0.3, 0.4) is 0 Å². The number of hydrogen-bond acceptors (Lipinski definition) is 2. The Morgan fingerprint density at radius 3 is 2.45 bits per heavy atom. The maximum Gasteiger partial charge on any atom is 0.253 e. The Hall–Kier alpha value is -1.13. The normalized spacial score (nSPS) is 16.4. The second-order valence-corrected chi connectivity index (χ2v) is 6.98. The monoisotopic (exact) mass is 349 g/mol. The summed E-state index contributed by atoms with van der Waals surface area (Å²) in [6, 6.07) is 11.9. The number of carbonyl (C=O) groups excluding carboxylic acids is 1. The van der Waals surface area contributed by atoms with Crippen molar-refractivity contribution in [1.82, 2.24) is 4.90 Å². The molecule has 1 fully saturated rings. The van der Waals surface area contributed by atoms with Crippen LogP contribution in [0.1, 0.15) is 34.0 Å². The van der Waals surface area contributed by atoms with E-state index in [2.05, 4.69) is 33.4 Å². The second-order valence-electron chi connectivity index (χ2n) is 5.09. The number of hydrogen-bond donors (Lipinski definition) is 0. The van der Waals surface area contributed by atoms with Crippen LogP contribution in [0.15, 0.2) is 46.3 Å². The average Bonchev–Trinajstić information content (AvgIpc) is 3.02. The summed E-state index contributed by atoms with van der Waals surface area (Å²) in [5.74, 6) is 0.783. The first-order valence-electron chi connectivity index (χ1n) is 6.82. The summed E-state index contributed by atoms with van der Waals surface area (Å²) in [7, 11) is 0. The van der Waals surface area contributed by atoms with Crippen molar-refractivity contribution in [2.45, 2.75) is 18.8 Å². The number of rotatable bonds is 2. The molecule has 0 aliphatic carbocycles. The van der Waals surface area contributed by atoms with Gasteiger partial charge in [-0.25, -0.2) is 0 Å². The summed E-state index contributed by atoms with van der Waals surface area (Å²) in [6.45, 7) is 1.72. The Bertz CT molecular complexity index is 571. The number of carbonyl (C=O) groups is 1. The number of benzene rings is 1. The molecule has 1 aromatic heterocycles. The van der Waals surface area contributed by atoms with Crippen molar-refractivity contribution in [2.24, 2.45) is 0 Å². The van der Waals surface area contributed by atoms with Crippen LogP contribution in [0, 0.1) is 0 Å². The molecule has 1 amide bonds. The van der Waals surface area contributed by atoms with E-state index in [1.165, 1.54) is 4.88 Å². The van der Waals surface area contributed by atoms with E-state index in [-0.39, 0.29) is 5.91 Å². The third kappa shape index (κ3) is 2.96. The topological polar surface area (TPSA) is 20.3 Å². The van der Waals surface area contributed by atoms with Gasteiger partial charge in [-0.3, -0.25) is 4.79 Å². The van der Waals surface area contributed by atoms with Crippen molar-refractivity contribution in [2.75, 3.05) is 13.1 Å². The Kier molecular flexibility index (Phi) is 4.22. The third-order valence-corrected chi connectivity index (χ3v) is 5.38. The first kappa shape index (κ1) is 13.8. The SMILES string of the molecule is O=C(c1ccc(Br)cc1)N1CCC(c2cccs2)CC1. The molecule has 20 heavy (non-hydrogen) atoms. The van der Waals surface area contributed by atoms with Gasteiger partial charge in [-0.1, -0.05) is 22.0 Å². The summed E-state index contributed by atoms with van der Waals surface area (Å²) in [5, 5.41) is 2.13. The highest BCUT2D eigenvalue weighted by molar-refractivity contribution is 9.10. The van der Waals surface area contributed by atoms with Crippen LogP contribution < -0.4 is 0 Å². The molecular weight excluding hydrogens is 334 g/mol. The zero-order chi connectivity index (χ0) is 13.9. The van der Waals surface area contributed by atoms with E-state index in [0.29, 0.717) is 5.92 Å². The Morgan fingerprint density at radius 2 is 1.85 bits per heavy atom. The van der Waals surface area contributed by atoms with Crippen molar-refractivity contribution in [3.63, 3.8) is 0 Å². The fourth-order valence-corrected chi connectivity index (χ4v) is 3.83. The van der Waals surface area contributed by atoms with Crippen molar-refractivity contribution < 1.29 is 4.79 Å². The minimum atomic E-state index is 0.155. The van der Waals surface area contributed by atoms with Crippen LogP contribution in [-0.4, -0.2) is 23.9 Å². The molecule has 3 rings (SSSR count). The van der Waals surface area contributed by atoms with Crippen LogP contribution in [-0.2, 0) is 0 Å². The molecule has 0 atom stereocenters. The fraction of sp³-hybridized carbons (Fsp3) is 0.312. The number of thiophene rings is 1. The molecule has 2 aromatic rings. The molecule has 1 aromatic carbocycles. The lowest BCUT2D eigenvalue weighted by atomic mass is 9.95. The first-order chi connectivity index (χ1) is 9.74. The smallest absolute Gasteiger partial charge is 0.253 e. The number of likely N-dealkylation sites (tertiary alicyclic amines) is 1. The summed E-state index contributed by atoms with van der Waals surface area (Å²) in [6.07, 6.45) is 2.14. The van der Waals surface area contributed by atoms with E-state index >= 15 is 0 Å². The van der Waals surface area contributed by atoms with E-state index in [4.69, 9.17) is 0 Å². The number of amides is 1. The van der Waals surface area contributed by atoms with Gasteiger partial charge >= 0.3 is 0 Å². The van der Waals surface area contributed by atoms with E-state index in [0.717, 1.165) is 36.0 Å². The van der Waals surface area contributed by atoms with Crippen LogP contribution in [0.25, 0.3) is 0 Å². The summed E-state index contributed by atoms with van der Waals surface area (Å²) >= 11 is 5.23. The van der Waals surface area contributed by atoms with Gasteiger partial charge in [0, 0.05) is 28.0 Å². The van der Waals surface area contributed by atoms with Gasteiger partial charge in [0.1, 0.15) is 0 Å². The lowest BCUT2D eigenvalue weighted by molar-refractivity contribution is 0.0713. The molecule has 0 N–H and O–H groups in total. The number of nitrogens with zero attached hydrogens (tertiary/aromatic N) is 1. The van der Waals surface area contributed by atoms with Gasteiger partial charge in [0.25, 0.3) is 5.91 Å². The predicted octanol–water partition coefficient (Wildman–Crippen LogP) is 4.53. The lowest BCUT2D eigenvalue weighted by Crippen LogP contribution is -2.37. The minimum Gasteiger partial charge on any atom is -0.339 e. The number of piperidine rings is 1. The van der Waals surface area contributed by atoms with Gasteiger partial charge in [-0.15, -0.1) is 11.3 Å². The van der Waals surface area contributed by atoms with Crippen molar-refractivity contribution in [3.05, 3.63) is 56.7 Å². The second kappa shape index (κ2) is 6.10. The van der Waals surface area contributed by atoms with Crippen LogP contribution in [0.5, 0.6) is 0 Å². The molecule has 0 saturated carbocycles. The van der Waals surface area contributed by atoms with Crippen LogP contribution in [0.4, 0.5) is 0 Å². The maximum absolute atomic E-state index is 12.4.